The maximum absolute atomic E-state index is 12.2. The summed E-state index contributed by atoms with van der Waals surface area (Å²) in [5.74, 6) is 0. The van der Waals surface area contributed by atoms with E-state index in [9.17, 15) is 9.59 Å². The third-order valence-electron chi connectivity index (χ3n) is 3.78. The molecular weight excluding hydrogens is 270 g/mol. The molecule has 1 unspecified atom stereocenters. The highest BCUT2D eigenvalue weighted by molar-refractivity contribution is 5.84. The Balaban J connectivity index is 1.94. The fourth-order valence-corrected chi connectivity index (χ4v) is 2.71. The Hall–Kier alpha value is -2.34. The molecule has 1 aromatic rings. The average molecular weight is 287 g/mol. The number of rotatable bonds is 4. The van der Waals surface area contributed by atoms with Crippen LogP contribution in [0, 0.1) is 0 Å². The molecule has 3 rings (SSSR count). The highest BCUT2D eigenvalue weighted by Crippen LogP contribution is 2.32. The second-order valence-corrected chi connectivity index (χ2v) is 5.14. The van der Waals surface area contributed by atoms with E-state index in [-0.39, 0.29) is 24.2 Å². The number of aryl methyl sites for hydroxylation is 1. The lowest BCUT2D eigenvalue weighted by molar-refractivity contribution is -0.105. The van der Waals surface area contributed by atoms with Crippen LogP contribution in [0.1, 0.15) is 5.56 Å². The van der Waals surface area contributed by atoms with Crippen molar-refractivity contribution >= 4 is 11.6 Å². The summed E-state index contributed by atoms with van der Waals surface area (Å²) in [5.41, 5.74) is 1.89. The van der Waals surface area contributed by atoms with E-state index in [1.807, 2.05) is 6.08 Å². The molecule has 110 valence electrons. The molecule has 2 aliphatic heterocycles. The molecule has 21 heavy (non-hydrogen) atoms. The predicted molar refractivity (Wildman–Crippen MR) is 78.4 cm³/mol. The molecule has 0 aliphatic carbocycles. The van der Waals surface area contributed by atoms with Crippen LogP contribution in [0.4, 0.5) is 4.79 Å². The first kappa shape index (κ1) is 13.6. The highest BCUT2D eigenvalue weighted by atomic mass is 16.7. The number of hydrogen-bond acceptors (Lipinski definition) is 3. The van der Waals surface area contributed by atoms with Gasteiger partial charge in [-0.3, -0.25) is 9.63 Å². The van der Waals surface area contributed by atoms with Crippen LogP contribution in [0.5, 0.6) is 0 Å². The summed E-state index contributed by atoms with van der Waals surface area (Å²) < 4.78 is 1.54. The summed E-state index contributed by atoms with van der Waals surface area (Å²) in [6.45, 7) is 5.05. The first-order valence-electron chi connectivity index (χ1n) is 6.81. The zero-order valence-corrected chi connectivity index (χ0v) is 11.9. The van der Waals surface area contributed by atoms with E-state index in [1.54, 1.807) is 30.3 Å². The van der Waals surface area contributed by atoms with Gasteiger partial charge in [-0.1, -0.05) is 12.2 Å². The van der Waals surface area contributed by atoms with Gasteiger partial charge in [0.05, 0.1) is 13.2 Å². The molecule has 0 spiro atoms. The number of pyridine rings is 1. The highest BCUT2D eigenvalue weighted by Gasteiger charge is 2.42. The van der Waals surface area contributed by atoms with Gasteiger partial charge in [-0.05, 0) is 17.2 Å². The Bertz CT molecular complexity index is 677. The summed E-state index contributed by atoms with van der Waals surface area (Å²) in [6, 6.07) is 3.05. The number of carbonyl (C=O) groups is 1. The van der Waals surface area contributed by atoms with Crippen molar-refractivity contribution in [2.75, 3.05) is 19.7 Å². The maximum Gasteiger partial charge on any atom is 0.344 e. The number of hydrogen-bond donors (Lipinski definition) is 0. The van der Waals surface area contributed by atoms with Crippen LogP contribution in [0.25, 0.3) is 5.57 Å². The lowest BCUT2D eigenvalue weighted by Gasteiger charge is -2.25. The molecule has 0 saturated carbocycles. The number of fused-ring (bicyclic) bond motifs is 2. The van der Waals surface area contributed by atoms with Crippen molar-refractivity contribution in [3.8, 4) is 0 Å². The van der Waals surface area contributed by atoms with Gasteiger partial charge in [-0.15, -0.1) is 6.58 Å². The lowest BCUT2D eigenvalue weighted by Crippen LogP contribution is -2.34. The van der Waals surface area contributed by atoms with Gasteiger partial charge in [-0.25, -0.2) is 4.79 Å². The standard InChI is InChI=1S/C15H17N3O3/c1-3-8-21-18-13-10-17(15(18)20)7-6-12(13)11-4-5-14(19)16(2)9-11/h3-6,9,13H,1,7-8,10H2,2H3. The Morgan fingerprint density at radius 3 is 2.95 bits per heavy atom. The SMILES string of the molecule is C=CCON1C(=O)N2CC=C(c3ccc(=O)n(C)c3)C1C2. The number of aromatic nitrogens is 1. The molecule has 0 radical (unpaired) electrons. The van der Waals surface area contributed by atoms with Gasteiger partial charge in [0.15, 0.2) is 0 Å². The monoisotopic (exact) mass is 287 g/mol. The van der Waals surface area contributed by atoms with Gasteiger partial charge in [0.1, 0.15) is 6.04 Å². The first-order valence-corrected chi connectivity index (χ1v) is 6.81. The molecule has 2 amide bonds. The van der Waals surface area contributed by atoms with Crippen LogP contribution >= 0.6 is 0 Å². The number of urea groups is 1. The summed E-state index contributed by atoms with van der Waals surface area (Å²) in [4.78, 5) is 30.9. The quantitative estimate of drug-likeness (QED) is 0.777. The van der Waals surface area contributed by atoms with Crippen LogP contribution in [-0.2, 0) is 11.9 Å². The maximum atomic E-state index is 12.2. The molecule has 6 heteroatoms. The smallest absolute Gasteiger partial charge is 0.318 e. The zero-order chi connectivity index (χ0) is 15.0. The van der Waals surface area contributed by atoms with Crippen molar-refractivity contribution in [1.29, 1.82) is 0 Å². The number of amides is 2. The Kier molecular flexibility index (Phi) is 3.39. The first-order chi connectivity index (χ1) is 10.1. The van der Waals surface area contributed by atoms with Crippen LogP contribution in [0.2, 0.25) is 0 Å². The fraction of sp³-hybridized carbons (Fsp3) is 0.333. The van der Waals surface area contributed by atoms with Gasteiger partial charge >= 0.3 is 6.03 Å². The van der Waals surface area contributed by atoms with E-state index in [4.69, 9.17) is 4.84 Å². The molecule has 1 saturated heterocycles. The van der Waals surface area contributed by atoms with Gasteiger partial charge in [0.25, 0.3) is 0 Å². The second-order valence-electron chi connectivity index (χ2n) is 5.14. The topological polar surface area (TPSA) is 54.8 Å². The van der Waals surface area contributed by atoms with E-state index in [2.05, 4.69) is 6.58 Å². The number of carbonyl (C=O) groups excluding carboxylic acids is 1. The summed E-state index contributed by atoms with van der Waals surface area (Å²) in [6.07, 6.45) is 5.42. The Morgan fingerprint density at radius 2 is 2.24 bits per heavy atom. The van der Waals surface area contributed by atoms with Gasteiger partial charge in [0, 0.05) is 25.9 Å². The van der Waals surface area contributed by atoms with Crippen molar-refractivity contribution in [3.05, 3.63) is 53.0 Å². The van der Waals surface area contributed by atoms with Crippen LogP contribution in [-0.4, -0.2) is 46.3 Å². The van der Waals surface area contributed by atoms with Crippen molar-refractivity contribution in [1.82, 2.24) is 14.5 Å². The van der Waals surface area contributed by atoms with E-state index >= 15 is 0 Å². The van der Waals surface area contributed by atoms with Gasteiger partial charge in [-0.2, -0.15) is 5.06 Å². The minimum atomic E-state index is -0.149. The van der Waals surface area contributed by atoms with E-state index in [0.717, 1.165) is 11.1 Å². The van der Waals surface area contributed by atoms with Crippen LogP contribution in [0.15, 0.2) is 41.9 Å². The molecule has 1 atom stereocenters. The summed E-state index contributed by atoms with van der Waals surface area (Å²) in [7, 11) is 1.72. The second kappa shape index (κ2) is 5.21. The molecule has 1 aromatic heterocycles. The predicted octanol–water partition coefficient (Wildman–Crippen LogP) is 1.01. The fourth-order valence-electron chi connectivity index (χ4n) is 2.71. The van der Waals surface area contributed by atoms with Crippen molar-refractivity contribution in [2.45, 2.75) is 6.04 Å². The third-order valence-corrected chi connectivity index (χ3v) is 3.78. The molecule has 2 bridgehead atoms. The number of nitrogens with zero attached hydrogens (tertiary/aromatic N) is 3. The molecular formula is C15H17N3O3. The molecule has 3 heterocycles. The zero-order valence-electron chi connectivity index (χ0n) is 11.9. The lowest BCUT2D eigenvalue weighted by atomic mass is 9.97. The van der Waals surface area contributed by atoms with E-state index in [1.165, 1.54) is 15.7 Å². The average Bonchev–Trinajstić information content (AvgIpc) is 2.72. The largest absolute Gasteiger partial charge is 0.344 e. The van der Waals surface area contributed by atoms with Crippen molar-refractivity contribution in [3.63, 3.8) is 0 Å². The summed E-state index contributed by atoms with van der Waals surface area (Å²) >= 11 is 0. The third kappa shape index (κ3) is 2.27. The Labute approximate surface area is 122 Å². The van der Waals surface area contributed by atoms with Gasteiger partial charge < -0.3 is 9.47 Å². The molecule has 0 aromatic carbocycles. The van der Waals surface area contributed by atoms with Gasteiger partial charge in [0.2, 0.25) is 5.56 Å². The molecule has 2 aliphatic rings. The van der Waals surface area contributed by atoms with Crippen molar-refractivity contribution < 1.29 is 9.63 Å². The molecule has 1 fully saturated rings. The van der Waals surface area contributed by atoms with E-state index < -0.39 is 0 Å². The molecule has 6 nitrogen and oxygen atoms in total. The van der Waals surface area contributed by atoms with Crippen molar-refractivity contribution in [2.24, 2.45) is 7.05 Å². The summed E-state index contributed by atoms with van der Waals surface area (Å²) in [5, 5.41) is 1.41. The minimum absolute atomic E-state index is 0.0564. The number of hydroxylamine groups is 2. The normalized spacial score (nSPS) is 20.7. The Morgan fingerprint density at radius 1 is 1.43 bits per heavy atom. The van der Waals surface area contributed by atoms with E-state index in [0.29, 0.717) is 13.1 Å². The minimum Gasteiger partial charge on any atom is -0.318 e. The van der Waals surface area contributed by atoms with Crippen LogP contribution < -0.4 is 5.56 Å². The molecule has 0 N–H and O–H groups in total. The van der Waals surface area contributed by atoms with Crippen LogP contribution in [0.3, 0.4) is 0 Å².